The van der Waals surface area contributed by atoms with E-state index in [-0.39, 0.29) is 0 Å². The Kier molecular flexibility index (Phi) is 5.84. The van der Waals surface area contributed by atoms with Crippen LogP contribution in [0.5, 0.6) is 0 Å². The van der Waals surface area contributed by atoms with Crippen LogP contribution in [-0.4, -0.2) is 12.0 Å². The molecule has 2 nitrogen and oxygen atoms in total. The second kappa shape index (κ2) is 7.85. The summed E-state index contributed by atoms with van der Waals surface area (Å²) >= 11 is 1.74. The largest absolute Gasteiger partial charge is 0.358 e. The average Bonchev–Trinajstić information content (AvgIpc) is 2.50. The predicted octanol–water partition coefficient (Wildman–Crippen LogP) is 5.83. The van der Waals surface area contributed by atoms with Crippen molar-refractivity contribution in [3.05, 3.63) is 65.9 Å². The highest BCUT2D eigenvalue weighted by Gasteiger charge is 2.01. The van der Waals surface area contributed by atoms with Crippen molar-refractivity contribution in [3.8, 4) is 0 Å². The fourth-order valence-corrected chi connectivity index (χ4v) is 2.77. The number of aliphatic imine (C=N–C) groups is 1. The molecule has 0 aromatic heterocycles. The molecule has 1 N–H and O–H groups in total. The van der Waals surface area contributed by atoms with Gasteiger partial charge in [0, 0.05) is 16.3 Å². The Hall–Kier alpha value is -2.00. The fourth-order valence-electron chi connectivity index (χ4n) is 2.22. The first-order valence-electron chi connectivity index (χ1n) is 7.29. The zero-order valence-electron chi connectivity index (χ0n) is 13.6. The molecular weight excluding hydrogens is 288 g/mol. The van der Waals surface area contributed by atoms with Crippen molar-refractivity contribution >= 4 is 28.8 Å². The van der Waals surface area contributed by atoms with E-state index >= 15 is 0 Å². The third kappa shape index (κ3) is 4.50. The van der Waals surface area contributed by atoms with E-state index in [4.69, 9.17) is 0 Å². The molecule has 114 valence electrons. The molecule has 0 aliphatic rings. The van der Waals surface area contributed by atoms with Crippen LogP contribution in [0.1, 0.15) is 19.4 Å². The van der Waals surface area contributed by atoms with E-state index in [1.165, 1.54) is 10.5 Å². The summed E-state index contributed by atoms with van der Waals surface area (Å²) in [6.07, 6.45) is 4.16. The summed E-state index contributed by atoms with van der Waals surface area (Å²) in [5.41, 5.74) is 5.41. The lowest BCUT2D eigenvalue weighted by molar-refractivity contribution is 1.32. The zero-order valence-corrected chi connectivity index (χ0v) is 14.4. The van der Waals surface area contributed by atoms with E-state index < -0.39 is 0 Å². The van der Waals surface area contributed by atoms with Crippen molar-refractivity contribution in [2.45, 2.75) is 25.7 Å². The molecule has 0 spiro atoms. The van der Waals surface area contributed by atoms with Gasteiger partial charge in [-0.2, -0.15) is 0 Å². The third-order valence-electron chi connectivity index (χ3n) is 3.28. The summed E-state index contributed by atoms with van der Waals surface area (Å²) in [5, 5.41) is 3.45. The minimum atomic E-state index is 0.987. The van der Waals surface area contributed by atoms with Gasteiger partial charge in [-0.05, 0) is 56.9 Å². The quantitative estimate of drug-likeness (QED) is 0.555. The Morgan fingerprint density at radius 3 is 2.45 bits per heavy atom. The number of hydrogen-bond donors (Lipinski definition) is 1. The van der Waals surface area contributed by atoms with Crippen molar-refractivity contribution in [1.82, 2.24) is 0 Å². The molecule has 0 heterocycles. The number of nitrogens with one attached hydrogen (secondary N) is 1. The summed E-state index contributed by atoms with van der Waals surface area (Å²) < 4.78 is 0. The standard InChI is InChI=1S/C19H22N2S/c1-14-9-5-6-10-17(14)20-15(2)13-16(3)21-18-11-7-8-12-19(18)22-4/h5-13,21H,1-4H3/b16-13-,20-15+. The van der Waals surface area contributed by atoms with Crippen molar-refractivity contribution < 1.29 is 0 Å². The van der Waals surface area contributed by atoms with Crippen LogP contribution in [0.25, 0.3) is 0 Å². The second-order valence-electron chi connectivity index (χ2n) is 5.19. The van der Waals surface area contributed by atoms with E-state index in [1.54, 1.807) is 11.8 Å². The first kappa shape index (κ1) is 16.4. The van der Waals surface area contributed by atoms with Gasteiger partial charge < -0.3 is 5.32 Å². The monoisotopic (exact) mass is 310 g/mol. The number of allylic oxidation sites excluding steroid dienone is 2. The van der Waals surface area contributed by atoms with Crippen LogP contribution in [0.2, 0.25) is 0 Å². The molecule has 0 fully saturated rings. The van der Waals surface area contributed by atoms with Gasteiger partial charge in [0.2, 0.25) is 0 Å². The van der Waals surface area contributed by atoms with E-state index in [0.717, 1.165) is 22.8 Å². The lowest BCUT2D eigenvalue weighted by atomic mass is 10.2. The molecule has 0 atom stereocenters. The average molecular weight is 310 g/mol. The number of para-hydroxylation sites is 2. The number of benzene rings is 2. The molecule has 0 unspecified atom stereocenters. The van der Waals surface area contributed by atoms with E-state index in [2.05, 4.69) is 60.8 Å². The molecule has 0 aliphatic heterocycles. The summed E-state index contributed by atoms with van der Waals surface area (Å²) in [4.78, 5) is 5.92. The number of aryl methyl sites for hydroxylation is 1. The number of nitrogens with zero attached hydrogens (tertiary/aromatic N) is 1. The molecule has 2 aromatic rings. The number of hydrogen-bond acceptors (Lipinski definition) is 3. The van der Waals surface area contributed by atoms with Gasteiger partial charge in [-0.25, -0.2) is 0 Å². The number of anilines is 1. The van der Waals surface area contributed by atoms with Crippen LogP contribution in [0.3, 0.4) is 0 Å². The minimum Gasteiger partial charge on any atom is -0.358 e. The van der Waals surface area contributed by atoms with Gasteiger partial charge in [0.05, 0.1) is 11.4 Å². The summed E-state index contributed by atoms with van der Waals surface area (Å²) in [6, 6.07) is 16.5. The van der Waals surface area contributed by atoms with Gasteiger partial charge in [-0.3, -0.25) is 4.99 Å². The summed E-state index contributed by atoms with van der Waals surface area (Å²) in [5.74, 6) is 0. The van der Waals surface area contributed by atoms with E-state index in [1.807, 2.05) is 31.2 Å². The normalized spacial score (nSPS) is 12.4. The van der Waals surface area contributed by atoms with Gasteiger partial charge in [0.25, 0.3) is 0 Å². The zero-order chi connectivity index (χ0) is 15.9. The minimum absolute atomic E-state index is 0.987. The van der Waals surface area contributed by atoms with Crippen molar-refractivity contribution in [2.75, 3.05) is 11.6 Å². The maximum absolute atomic E-state index is 4.68. The van der Waals surface area contributed by atoms with Gasteiger partial charge >= 0.3 is 0 Å². The van der Waals surface area contributed by atoms with Gasteiger partial charge in [0.1, 0.15) is 0 Å². The highest BCUT2D eigenvalue weighted by Crippen LogP contribution is 2.25. The third-order valence-corrected chi connectivity index (χ3v) is 4.07. The molecule has 2 rings (SSSR count). The fraction of sp³-hybridized carbons (Fsp3) is 0.211. The summed E-state index contributed by atoms with van der Waals surface area (Å²) in [7, 11) is 0. The molecule has 0 bridgehead atoms. The van der Waals surface area contributed by atoms with Crippen molar-refractivity contribution in [2.24, 2.45) is 4.99 Å². The molecule has 22 heavy (non-hydrogen) atoms. The summed E-state index contributed by atoms with van der Waals surface area (Å²) in [6.45, 7) is 6.17. The smallest absolute Gasteiger partial charge is 0.0661 e. The molecular formula is C19H22N2S. The molecule has 2 aromatic carbocycles. The Morgan fingerprint density at radius 1 is 1.05 bits per heavy atom. The lowest BCUT2D eigenvalue weighted by Crippen LogP contribution is -1.99. The molecule has 0 saturated carbocycles. The van der Waals surface area contributed by atoms with Crippen molar-refractivity contribution in [3.63, 3.8) is 0 Å². The SMILES string of the molecule is CSc1ccccc1N/C(C)=C\C(C)=N\c1ccccc1C. The topological polar surface area (TPSA) is 24.4 Å². The van der Waals surface area contributed by atoms with Crippen LogP contribution in [0.4, 0.5) is 11.4 Å². The molecule has 0 amide bonds. The van der Waals surface area contributed by atoms with E-state index in [9.17, 15) is 0 Å². The van der Waals surface area contributed by atoms with Gasteiger partial charge in [0.15, 0.2) is 0 Å². The molecule has 0 radical (unpaired) electrons. The van der Waals surface area contributed by atoms with Crippen LogP contribution in [0.15, 0.2) is 70.2 Å². The Labute approximate surface area is 137 Å². The maximum Gasteiger partial charge on any atom is 0.0661 e. The van der Waals surface area contributed by atoms with Gasteiger partial charge in [-0.15, -0.1) is 11.8 Å². The lowest BCUT2D eigenvalue weighted by Gasteiger charge is -2.10. The van der Waals surface area contributed by atoms with Crippen LogP contribution in [-0.2, 0) is 0 Å². The van der Waals surface area contributed by atoms with Crippen molar-refractivity contribution in [1.29, 1.82) is 0 Å². The van der Waals surface area contributed by atoms with Crippen LogP contribution >= 0.6 is 11.8 Å². The second-order valence-corrected chi connectivity index (χ2v) is 6.04. The van der Waals surface area contributed by atoms with Crippen LogP contribution < -0.4 is 5.32 Å². The Morgan fingerprint density at radius 2 is 1.73 bits per heavy atom. The van der Waals surface area contributed by atoms with Gasteiger partial charge in [-0.1, -0.05) is 30.3 Å². The molecule has 0 aliphatic carbocycles. The Balaban J connectivity index is 2.16. The first-order valence-corrected chi connectivity index (χ1v) is 8.52. The Bertz CT molecular complexity index is 702. The molecule has 0 saturated heterocycles. The first-order chi connectivity index (χ1) is 10.6. The molecule has 3 heteroatoms. The van der Waals surface area contributed by atoms with E-state index in [0.29, 0.717) is 0 Å². The van der Waals surface area contributed by atoms with Crippen LogP contribution in [0, 0.1) is 6.92 Å². The highest BCUT2D eigenvalue weighted by atomic mass is 32.2. The maximum atomic E-state index is 4.68. The number of rotatable bonds is 5. The number of thioether (sulfide) groups is 1. The highest BCUT2D eigenvalue weighted by molar-refractivity contribution is 7.98. The predicted molar refractivity (Wildman–Crippen MR) is 99.6 cm³/mol.